The molecule has 0 bridgehead atoms. The first kappa shape index (κ1) is 14.1. The van der Waals surface area contributed by atoms with Crippen LogP contribution in [0.15, 0.2) is 38.2 Å². The molecule has 0 saturated carbocycles. The van der Waals surface area contributed by atoms with E-state index in [0.717, 1.165) is 17.6 Å². The highest BCUT2D eigenvalue weighted by atomic mass is 32.1. The van der Waals surface area contributed by atoms with E-state index >= 15 is 0 Å². The summed E-state index contributed by atoms with van der Waals surface area (Å²) >= 11 is 1.71. The van der Waals surface area contributed by atoms with Crippen LogP contribution in [0.1, 0.15) is 29.7 Å². The lowest BCUT2D eigenvalue weighted by Crippen LogP contribution is -2.22. The summed E-state index contributed by atoms with van der Waals surface area (Å²) in [6, 6.07) is 6.08. The Bertz CT molecular complexity index is 828. The van der Waals surface area contributed by atoms with Crippen molar-refractivity contribution in [3.05, 3.63) is 56.2 Å². The van der Waals surface area contributed by atoms with Gasteiger partial charge in [-0.25, -0.2) is 4.79 Å². The number of benzene rings is 1. The minimum absolute atomic E-state index is 0.121. The van der Waals surface area contributed by atoms with Gasteiger partial charge in [-0.05, 0) is 53.1 Å². The van der Waals surface area contributed by atoms with Gasteiger partial charge < -0.3 is 9.73 Å². The maximum Gasteiger partial charge on any atom is 0.419 e. The maximum absolute atomic E-state index is 11.6. The summed E-state index contributed by atoms with van der Waals surface area (Å²) in [7, 11) is 1.72. The second-order valence-corrected chi connectivity index (χ2v) is 5.90. The molecule has 4 nitrogen and oxygen atoms in total. The van der Waals surface area contributed by atoms with Crippen LogP contribution in [-0.2, 0) is 7.05 Å². The minimum atomic E-state index is -0.325. The number of nitrogens with one attached hydrogen (secondary N) is 1. The number of rotatable bonds is 4. The SMILES string of the molecule is CCNC(c1ccc2c(c1)oc(=O)n2C)c1cscc1C. The lowest BCUT2D eigenvalue weighted by atomic mass is 9.98. The molecule has 1 N–H and O–H groups in total. The van der Waals surface area contributed by atoms with Crippen molar-refractivity contribution in [2.45, 2.75) is 19.9 Å². The van der Waals surface area contributed by atoms with Crippen molar-refractivity contribution < 1.29 is 4.42 Å². The third-order valence-corrected chi connectivity index (χ3v) is 4.64. The molecule has 3 aromatic rings. The Hall–Kier alpha value is -1.85. The van der Waals surface area contributed by atoms with Crippen LogP contribution in [0.5, 0.6) is 0 Å². The number of fused-ring (bicyclic) bond motifs is 1. The Morgan fingerprint density at radius 2 is 2.19 bits per heavy atom. The van der Waals surface area contributed by atoms with Crippen molar-refractivity contribution >= 4 is 22.4 Å². The summed E-state index contributed by atoms with van der Waals surface area (Å²) in [5, 5.41) is 7.84. The molecule has 0 spiro atoms. The second kappa shape index (κ2) is 5.50. The van der Waals surface area contributed by atoms with E-state index in [9.17, 15) is 4.79 Å². The molecule has 2 aromatic heterocycles. The fourth-order valence-electron chi connectivity index (χ4n) is 2.61. The summed E-state index contributed by atoms with van der Waals surface area (Å²) in [6.07, 6.45) is 0. The van der Waals surface area contributed by atoms with E-state index in [2.05, 4.69) is 36.0 Å². The van der Waals surface area contributed by atoms with Gasteiger partial charge in [0.25, 0.3) is 0 Å². The zero-order valence-corrected chi connectivity index (χ0v) is 13.2. The quantitative estimate of drug-likeness (QED) is 0.805. The number of aryl methyl sites for hydroxylation is 2. The van der Waals surface area contributed by atoms with Crippen molar-refractivity contribution in [2.75, 3.05) is 6.54 Å². The van der Waals surface area contributed by atoms with Gasteiger partial charge in [0.05, 0.1) is 11.6 Å². The molecular weight excluding hydrogens is 284 g/mol. The number of hydrogen-bond acceptors (Lipinski definition) is 4. The van der Waals surface area contributed by atoms with E-state index in [1.165, 1.54) is 15.7 Å². The van der Waals surface area contributed by atoms with E-state index in [0.29, 0.717) is 5.58 Å². The molecule has 1 unspecified atom stereocenters. The first-order chi connectivity index (χ1) is 10.1. The molecule has 0 saturated heterocycles. The van der Waals surface area contributed by atoms with Crippen molar-refractivity contribution in [1.29, 1.82) is 0 Å². The lowest BCUT2D eigenvalue weighted by Gasteiger charge is -2.18. The summed E-state index contributed by atoms with van der Waals surface area (Å²) in [4.78, 5) is 11.6. The molecule has 2 heterocycles. The van der Waals surface area contributed by atoms with Gasteiger partial charge in [-0.3, -0.25) is 4.57 Å². The molecule has 110 valence electrons. The average molecular weight is 302 g/mol. The van der Waals surface area contributed by atoms with Gasteiger partial charge in [-0.1, -0.05) is 13.0 Å². The Labute approximate surface area is 127 Å². The van der Waals surface area contributed by atoms with E-state index in [1.54, 1.807) is 18.4 Å². The standard InChI is InChI=1S/C16H18N2O2S/c1-4-17-15(12-9-21-8-10(12)2)11-5-6-13-14(7-11)20-16(19)18(13)3/h5-9,15,17H,4H2,1-3H3. The largest absolute Gasteiger partial charge is 0.419 e. The molecule has 0 aliphatic rings. The van der Waals surface area contributed by atoms with Crippen LogP contribution in [0.3, 0.4) is 0 Å². The maximum atomic E-state index is 11.6. The number of nitrogens with zero attached hydrogens (tertiary/aromatic N) is 1. The van der Waals surface area contributed by atoms with Crippen LogP contribution in [0.2, 0.25) is 0 Å². The Balaban J connectivity index is 2.11. The summed E-state index contributed by atoms with van der Waals surface area (Å²) in [5.41, 5.74) is 5.12. The molecule has 0 aliphatic heterocycles. The summed E-state index contributed by atoms with van der Waals surface area (Å²) in [5.74, 6) is -0.325. The van der Waals surface area contributed by atoms with E-state index < -0.39 is 0 Å². The number of oxazole rings is 1. The summed E-state index contributed by atoms with van der Waals surface area (Å²) < 4.78 is 6.82. The molecule has 5 heteroatoms. The lowest BCUT2D eigenvalue weighted by molar-refractivity contribution is 0.527. The fraction of sp³-hybridized carbons (Fsp3) is 0.312. The van der Waals surface area contributed by atoms with E-state index in [-0.39, 0.29) is 11.8 Å². The monoisotopic (exact) mass is 302 g/mol. The predicted molar refractivity (Wildman–Crippen MR) is 86.0 cm³/mol. The minimum Gasteiger partial charge on any atom is -0.408 e. The molecule has 0 amide bonds. The van der Waals surface area contributed by atoms with Crippen LogP contribution in [0, 0.1) is 6.92 Å². The van der Waals surface area contributed by atoms with Gasteiger partial charge in [-0.2, -0.15) is 11.3 Å². The number of hydrogen-bond donors (Lipinski definition) is 1. The average Bonchev–Trinajstić information content (AvgIpc) is 3.01. The van der Waals surface area contributed by atoms with Gasteiger partial charge in [0.1, 0.15) is 0 Å². The Morgan fingerprint density at radius 1 is 1.38 bits per heavy atom. The van der Waals surface area contributed by atoms with Crippen molar-refractivity contribution in [2.24, 2.45) is 7.05 Å². The van der Waals surface area contributed by atoms with Crippen LogP contribution in [0.4, 0.5) is 0 Å². The summed E-state index contributed by atoms with van der Waals surface area (Å²) in [6.45, 7) is 5.09. The molecule has 0 fully saturated rings. The number of thiophene rings is 1. The van der Waals surface area contributed by atoms with Gasteiger partial charge in [0.15, 0.2) is 5.58 Å². The van der Waals surface area contributed by atoms with Crippen LogP contribution in [0.25, 0.3) is 11.1 Å². The Kier molecular flexibility index (Phi) is 3.69. The zero-order chi connectivity index (χ0) is 15.0. The molecule has 1 atom stereocenters. The zero-order valence-electron chi connectivity index (χ0n) is 12.3. The van der Waals surface area contributed by atoms with Crippen LogP contribution >= 0.6 is 11.3 Å². The highest BCUT2D eigenvalue weighted by molar-refractivity contribution is 7.08. The van der Waals surface area contributed by atoms with Gasteiger partial charge >= 0.3 is 5.76 Å². The van der Waals surface area contributed by atoms with Crippen molar-refractivity contribution in [1.82, 2.24) is 9.88 Å². The second-order valence-electron chi connectivity index (χ2n) is 5.15. The molecular formula is C16H18N2O2S. The highest BCUT2D eigenvalue weighted by Gasteiger charge is 2.17. The van der Waals surface area contributed by atoms with Gasteiger partial charge in [0, 0.05) is 7.05 Å². The topological polar surface area (TPSA) is 47.2 Å². The van der Waals surface area contributed by atoms with Gasteiger partial charge in [-0.15, -0.1) is 0 Å². The highest BCUT2D eigenvalue weighted by Crippen LogP contribution is 2.29. The fourth-order valence-corrected chi connectivity index (χ4v) is 3.48. The molecule has 0 radical (unpaired) electrons. The first-order valence-corrected chi connectivity index (χ1v) is 7.91. The normalized spacial score (nSPS) is 12.9. The predicted octanol–water partition coefficient (Wildman–Crippen LogP) is 3.20. The molecule has 21 heavy (non-hydrogen) atoms. The van der Waals surface area contributed by atoms with Crippen LogP contribution < -0.4 is 11.1 Å². The molecule has 1 aromatic carbocycles. The van der Waals surface area contributed by atoms with E-state index in [4.69, 9.17) is 4.42 Å². The molecule has 0 aliphatic carbocycles. The smallest absolute Gasteiger partial charge is 0.408 e. The third kappa shape index (κ3) is 2.43. The molecule has 3 rings (SSSR count). The van der Waals surface area contributed by atoms with Gasteiger partial charge in [0.2, 0.25) is 0 Å². The number of aromatic nitrogens is 1. The third-order valence-electron chi connectivity index (χ3n) is 3.76. The first-order valence-electron chi connectivity index (χ1n) is 6.97. The van der Waals surface area contributed by atoms with E-state index in [1.807, 2.05) is 12.1 Å². The van der Waals surface area contributed by atoms with Crippen LogP contribution in [-0.4, -0.2) is 11.1 Å². The Morgan fingerprint density at radius 3 is 2.86 bits per heavy atom. The van der Waals surface area contributed by atoms with Crippen molar-refractivity contribution in [3.8, 4) is 0 Å². The van der Waals surface area contributed by atoms with Crippen molar-refractivity contribution in [3.63, 3.8) is 0 Å².